The van der Waals surface area contributed by atoms with Crippen LogP contribution in [0.3, 0.4) is 0 Å². The molecule has 0 aliphatic rings. The Kier molecular flexibility index (Phi) is 52.7. The van der Waals surface area contributed by atoms with Crippen LogP contribution in [0.2, 0.25) is 0 Å². The quantitative estimate of drug-likeness (QED) is 0.0197. The average Bonchev–Trinajstić information content (AvgIpc) is 3.37. The Labute approximate surface area is 441 Å². The van der Waals surface area contributed by atoms with E-state index < -0.39 is 57.8 Å². The third-order valence-corrected chi connectivity index (χ3v) is 13.7. The molecular formula is C60H109O11P. The summed E-state index contributed by atoms with van der Waals surface area (Å²) in [5.74, 6) is -1.47. The van der Waals surface area contributed by atoms with Crippen LogP contribution in [0.5, 0.6) is 0 Å². The highest BCUT2D eigenvalue weighted by molar-refractivity contribution is 7.47. The molecule has 0 fully saturated rings. The van der Waals surface area contributed by atoms with Gasteiger partial charge in [0.25, 0.3) is 0 Å². The highest BCUT2D eigenvalue weighted by Crippen LogP contribution is 2.43. The van der Waals surface area contributed by atoms with E-state index in [1.165, 1.54) is 103 Å². The Balaban J connectivity index is 4.73. The molecule has 0 bridgehead atoms. The van der Waals surface area contributed by atoms with Gasteiger partial charge in [0.2, 0.25) is 0 Å². The van der Waals surface area contributed by atoms with Gasteiger partial charge in [-0.1, -0.05) is 230 Å². The second-order valence-electron chi connectivity index (χ2n) is 19.8. The fourth-order valence-electron chi connectivity index (χ4n) is 8.25. The number of phosphoric ester groups is 1. The van der Waals surface area contributed by atoms with Crippen molar-refractivity contribution in [1.29, 1.82) is 0 Å². The Morgan fingerprint density at radius 2 is 0.722 bits per heavy atom. The maximum absolute atomic E-state index is 12.9. The Bertz CT molecular complexity index is 1400. The van der Waals surface area contributed by atoms with Crippen LogP contribution in [-0.4, -0.2) is 66.5 Å². The fourth-order valence-corrected chi connectivity index (χ4v) is 9.03. The molecule has 0 amide bonds. The van der Waals surface area contributed by atoms with Gasteiger partial charge in [-0.25, -0.2) is 4.57 Å². The van der Waals surface area contributed by atoms with Crippen molar-refractivity contribution in [3.8, 4) is 0 Å². The van der Waals surface area contributed by atoms with E-state index in [1.807, 2.05) is 0 Å². The molecule has 0 aromatic heterocycles. The second kappa shape index (κ2) is 54.7. The summed E-state index contributed by atoms with van der Waals surface area (Å²) in [6.07, 6.45) is 57.8. The predicted octanol–water partition coefficient (Wildman–Crippen LogP) is 17.4. The lowest BCUT2D eigenvalue weighted by Crippen LogP contribution is -2.30. The number of hydrogen-bond acceptors (Lipinski definition) is 10. The van der Waals surface area contributed by atoms with E-state index in [0.717, 1.165) is 116 Å². The van der Waals surface area contributed by atoms with E-state index in [-0.39, 0.29) is 25.9 Å². The summed E-state index contributed by atoms with van der Waals surface area (Å²) < 4.78 is 39.5. The smallest absolute Gasteiger partial charge is 0.462 e. The SMILES string of the molecule is CC/C=C\C/C=C\C/C=C\CCCCCCCCCC(=O)OC(COC(=O)CCCCCCC/C=C\CCCCCCCC)COP(=O)(O)OCC(CO)OC(=O)CCCCCCCCCCCCCCC. The van der Waals surface area contributed by atoms with Crippen LogP contribution in [-0.2, 0) is 42.2 Å². The minimum atomic E-state index is -4.75. The highest BCUT2D eigenvalue weighted by Gasteiger charge is 2.28. The van der Waals surface area contributed by atoms with Crippen molar-refractivity contribution in [3.05, 3.63) is 48.6 Å². The highest BCUT2D eigenvalue weighted by atomic mass is 31.2. The number of aliphatic hydroxyl groups excluding tert-OH is 1. The van der Waals surface area contributed by atoms with Gasteiger partial charge in [0.15, 0.2) is 6.10 Å². The zero-order chi connectivity index (χ0) is 52.7. The molecule has 0 rings (SSSR count). The number of esters is 3. The molecule has 0 heterocycles. The second-order valence-corrected chi connectivity index (χ2v) is 21.2. The first-order chi connectivity index (χ1) is 35.2. The summed E-state index contributed by atoms with van der Waals surface area (Å²) in [5.41, 5.74) is 0. The maximum atomic E-state index is 12.9. The molecule has 0 saturated heterocycles. The Morgan fingerprint density at radius 1 is 0.403 bits per heavy atom. The van der Waals surface area contributed by atoms with Gasteiger partial charge in [-0.2, -0.15) is 0 Å². The summed E-state index contributed by atoms with van der Waals surface area (Å²) in [5, 5.41) is 9.81. The van der Waals surface area contributed by atoms with E-state index in [2.05, 4.69) is 69.4 Å². The summed E-state index contributed by atoms with van der Waals surface area (Å²) in [4.78, 5) is 48.5. The first kappa shape index (κ1) is 69.4. The third kappa shape index (κ3) is 52.3. The number of unbranched alkanes of at least 4 members (excludes halogenated alkanes) is 30. The molecule has 0 radical (unpaired) electrons. The third-order valence-electron chi connectivity index (χ3n) is 12.7. The minimum absolute atomic E-state index is 0.156. The van der Waals surface area contributed by atoms with Crippen LogP contribution in [0.25, 0.3) is 0 Å². The van der Waals surface area contributed by atoms with Crippen molar-refractivity contribution in [2.24, 2.45) is 0 Å². The standard InChI is InChI=1S/C60H109O11P/c1-4-7-10-13-16-19-22-25-27-28-30-33-36-39-42-45-48-51-60(64)71-57(53-67-58(62)49-46-43-40-37-34-32-29-26-23-20-17-14-11-8-5-2)55-69-72(65,66)68-54-56(52-61)70-59(63)50-47-44-41-38-35-31-24-21-18-15-12-9-6-3/h7,10,16,19,25-27,29,56-57,61H,4-6,8-9,11-15,17-18,20-24,28,30-55H2,1-3H3,(H,65,66)/b10-7-,19-16-,27-25-,29-26-. The first-order valence-corrected chi connectivity index (χ1v) is 31.0. The van der Waals surface area contributed by atoms with Crippen molar-refractivity contribution in [1.82, 2.24) is 0 Å². The predicted molar refractivity (Wildman–Crippen MR) is 298 cm³/mol. The van der Waals surface area contributed by atoms with Gasteiger partial charge in [-0.3, -0.25) is 23.4 Å². The number of aliphatic hydroxyl groups is 1. The van der Waals surface area contributed by atoms with Crippen LogP contribution >= 0.6 is 7.82 Å². The maximum Gasteiger partial charge on any atom is 0.472 e. The molecule has 3 atom stereocenters. The van der Waals surface area contributed by atoms with E-state index in [1.54, 1.807) is 0 Å². The van der Waals surface area contributed by atoms with E-state index in [9.17, 15) is 28.9 Å². The number of carbonyl (C=O) groups is 3. The molecule has 12 heteroatoms. The molecule has 0 aliphatic carbocycles. The fraction of sp³-hybridized carbons (Fsp3) is 0.817. The molecule has 3 unspecified atom stereocenters. The molecule has 72 heavy (non-hydrogen) atoms. The Morgan fingerprint density at radius 3 is 1.12 bits per heavy atom. The van der Waals surface area contributed by atoms with Crippen LogP contribution in [0, 0.1) is 0 Å². The topological polar surface area (TPSA) is 155 Å². The van der Waals surface area contributed by atoms with E-state index >= 15 is 0 Å². The number of hydrogen-bond donors (Lipinski definition) is 2. The van der Waals surface area contributed by atoms with Gasteiger partial charge in [0.05, 0.1) is 19.8 Å². The largest absolute Gasteiger partial charge is 0.472 e. The van der Waals surface area contributed by atoms with Gasteiger partial charge < -0.3 is 24.2 Å². The average molecular weight is 1040 g/mol. The van der Waals surface area contributed by atoms with Crippen molar-refractivity contribution in [3.63, 3.8) is 0 Å². The van der Waals surface area contributed by atoms with Crippen LogP contribution < -0.4 is 0 Å². The first-order valence-electron chi connectivity index (χ1n) is 29.5. The number of phosphoric acid groups is 1. The molecule has 0 aromatic carbocycles. The van der Waals surface area contributed by atoms with E-state index in [4.69, 9.17) is 23.3 Å². The van der Waals surface area contributed by atoms with Crippen molar-refractivity contribution in [2.75, 3.05) is 26.4 Å². The molecule has 2 N–H and O–H groups in total. The monoisotopic (exact) mass is 1040 g/mol. The zero-order valence-corrected chi connectivity index (χ0v) is 47.3. The van der Waals surface area contributed by atoms with Crippen molar-refractivity contribution >= 4 is 25.7 Å². The van der Waals surface area contributed by atoms with Crippen molar-refractivity contribution in [2.45, 2.75) is 290 Å². The number of allylic oxidation sites excluding steroid dienone is 8. The van der Waals surface area contributed by atoms with Crippen LogP contribution in [0.15, 0.2) is 48.6 Å². The number of rotatable bonds is 55. The van der Waals surface area contributed by atoms with Gasteiger partial charge in [-0.15, -0.1) is 0 Å². The number of ether oxygens (including phenoxy) is 3. The summed E-state index contributed by atoms with van der Waals surface area (Å²) in [7, 11) is -4.75. The molecule has 0 aliphatic heterocycles. The summed E-state index contributed by atoms with van der Waals surface area (Å²) in [6.45, 7) is 4.54. The lowest BCUT2D eigenvalue weighted by atomic mass is 10.0. The molecule has 0 spiro atoms. The zero-order valence-electron chi connectivity index (χ0n) is 46.4. The molecule has 11 nitrogen and oxygen atoms in total. The van der Waals surface area contributed by atoms with Gasteiger partial charge in [0, 0.05) is 19.3 Å². The van der Waals surface area contributed by atoms with E-state index in [0.29, 0.717) is 19.3 Å². The summed E-state index contributed by atoms with van der Waals surface area (Å²) in [6, 6.07) is 0. The molecule has 0 aromatic rings. The van der Waals surface area contributed by atoms with Crippen molar-refractivity contribution < 1.29 is 52.2 Å². The normalized spacial score (nSPS) is 13.7. The molecular weight excluding hydrogens is 928 g/mol. The van der Waals surface area contributed by atoms with Gasteiger partial charge in [0.1, 0.15) is 12.7 Å². The van der Waals surface area contributed by atoms with Crippen LogP contribution in [0.1, 0.15) is 278 Å². The lowest BCUT2D eigenvalue weighted by molar-refractivity contribution is -0.161. The number of carbonyl (C=O) groups excluding carboxylic acids is 3. The van der Waals surface area contributed by atoms with Crippen LogP contribution in [0.4, 0.5) is 0 Å². The van der Waals surface area contributed by atoms with Gasteiger partial charge in [-0.05, 0) is 77.0 Å². The van der Waals surface area contributed by atoms with Gasteiger partial charge >= 0.3 is 25.7 Å². The minimum Gasteiger partial charge on any atom is -0.462 e. The Hall–Kier alpha value is -2.56. The molecule has 420 valence electrons. The summed E-state index contributed by atoms with van der Waals surface area (Å²) >= 11 is 0. The lowest BCUT2D eigenvalue weighted by Gasteiger charge is -2.21. The molecule has 0 saturated carbocycles.